The monoisotopic (exact) mass is 366 g/mol. The van der Waals surface area contributed by atoms with Gasteiger partial charge in [-0.25, -0.2) is 4.98 Å². The molecule has 3 nitrogen and oxygen atoms in total. The van der Waals surface area contributed by atoms with E-state index in [-0.39, 0.29) is 16.9 Å². The molecular formula is C20H18N2OS2. The number of hydrogen-bond donors (Lipinski definition) is 0. The smallest absolute Gasteiger partial charge is 0.254 e. The summed E-state index contributed by atoms with van der Waals surface area (Å²) < 4.78 is 1.87. The van der Waals surface area contributed by atoms with Crippen LogP contribution in [0, 0.1) is 6.92 Å². The molecule has 1 aliphatic heterocycles. The van der Waals surface area contributed by atoms with Gasteiger partial charge in [0.25, 0.3) is 5.56 Å². The van der Waals surface area contributed by atoms with Crippen LogP contribution in [0.15, 0.2) is 81.6 Å². The topological polar surface area (TPSA) is 34.9 Å². The van der Waals surface area contributed by atoms with E-state index in [9.17, 15) is 4.79 Å². The van der Waals surface area contributed by atoms with Gasteiger partial charge in [-0.05, 0) is 24.6 Å². The van der Waals surface area contributed by atoms with E-state index < -0.39 is 0 Å². The molecule has 0 saturated carbocycles. The fourth-order valence-corrected chi connectivity index (χ4v) is 5.73. The summed E-state index contributed by atoms with van der Waals surface area (Å²) in [6, 6.07) is 22.3. The molecular weight excluding hydrogens is 348 g/mol. The fraction of sp³-hybridized carbons (Fsp3) is 0.200. The van der Waals surface area contributed by atoms with Crippen molar-refractivity contribution in [1.29, 1.82) is 0 Å². The third-order valence-corrected chi connectivity index (χ3v) is 6.78. The number of nitrogens with zero attached hydrogens (tertiary/aromatic N) is 2. The summed E-state index contributed by atoms with van der Waals surface area (Å²) in [6.45, 7) is 1.88. The number of rotatable bonds is 3. The molecule has 3 aromatic rings. The van der Waals surface area contributed by atoms with Crippen LogP contribution in [-0.4, -0.2) is 20.6 Å². The summed E-state index contributed by atoms with van der Waals surface area (Å²) in [4.78, 5) is 18.6. The molecule has 0 saturated heterocycles. The average Bonchev–Trinajstić information content (AvgIpc) is 2.63. The Kier molecular flexibility index (Phi) is 4.68. The SMILES string of the molecule is Cc1cc(=O)n2c(n1)SC[C@H](Sc1ccccc1)[C@H]2c1ccccc1. The minimum atomic E-state index is -0.0109. The first-order valence-corrected chi connectivity index (χ1v) is 10.1. The first kappa shape index (κ1) is 16.5. The first-order chi connectivity index (χ1) is 12.2. The minimum Gasteiger partial charge on any atom is -0.279 e. The van der Waals surface area contributed by atoms with Gasteiger partial charge in [-0.1, -0.05) is 60.3 Å². The zero-order valence-electron chi connectivity index (χ0n) is 13.8. The molecule has 1 aromatic heterocycles. The van der Waals surface area contributed by atoms with Crippen LogP contribution in [0.5, 0.6) is 0 Å². The Morgan fingerprint density at radius 3 is 2.48 bits per heavy atom. The van der Waals surface area contributed by atoms with E-state index in [1.807, 2.05) is 47.5 Å². The lowest BCUT2D eigenvalue weighted by atomic mass is 10.0. The summed E-state index contributed by atoms with van der Waals surface area (Å²) >= 11 is 3.51. The van der Waals surface area contributed by atoms with Crippen molar-refractivity contribution in [3.05, 3.63) is 88.3 Å². The molecule has 5 heteroatoms. The zero-order valence-corrected chi connectivity index (χ0v) is 15.5. The lowest BCUT2D eigenvalue weighted by Gasteiger charge is -2.34. The van der Waals surface area contributed by atoms with Crippen molar-refractivity contribution < 1.29 is 0 Å². The summed E-state index contributed by atoms with van der Waals surface area (Å²) in [5.41, 5.74) is 1.97. The third kappa shape index (κ3) is 3.39. The van der Waals surface area contributed by atoms with Gasteiger partial charge in [0.15, 0.2) is 5.16 Å². The Morgan fingerprint density at radius 1 is 1.08 bits per heavy atom. The minimum absolute atomic E-state index is 0.0109. The summed E-state index contributed by atoms with van der Waals surface area (Å²) in [5.74, 6) is 0.926. The lowest BCUT2D eigenvalue weighted by molar-refractivity contribution is 0.488. The zero-order chi connectivity index (χ0) is 17.2. The molecule has 0 aliphatic carbocycles. The van der Waals surface area contributed by atoms with Crippen molar-refractivity contribution in [1.82, 2.24) is 9.55 Å². The number of fused-ring (bicyclic) bond motifs is 1. The predicted octanol–water partition coefficient (Wildman–Crippen LogP) is 4.41. The van der Waals surface area contributed by atoms with E-state index in [2.05, 4.69) is 41.4 Å². The molecule has 4 rings (SSSR count). The fourth-order valence-electron chi connectivity index (χ4n) is 3.14. The van der Waals surface area contributed by atoms with Crippen LogP contribution in [0.3, 0.4) is 0 Å². The van der Waals surface area contributed by atoms with E-state index in [0.29, 0.717) is 0 Å². The first-order valence-electron chi connectivity index (χ1n) is 8.22. The average molecular weight is 367 g/mol. The highest BCUT2D eigenvalue weighted by Crippen LogP contribution is 2.41. The molecule has 0 radical (unpaired) electrons. The van der Waals surface area contributed by atoms with Crippen LogP contribution in [0.25, 0.3) is 0 Å². The van der Waals surface area contributed by atoms with Crippen LogP contribution in [0.2, 0.25) is 0 Å². The largest absolute Gasteiger partial charge is 0.279 e. The van der Waals surface area contributed by atoms with Crippen molar-refractivity contribution in [2.45, 2.75) is 28.3 Å². The Labute approximate surface area is 155 Å². The van der Waals surface area contributed by atoms with Gasteiger partial charge in [0.05, 0.1) is 6.04 Å². The highest BCUT2D eigenvalue weighted by Gasteiger charge is 2.33. The second-order valence-electron chi connectivity index (χ2n) is 6.02. The maximum atomic E-state index is 12.8. The molecule has 25 heavy (non-hydrogen) atoms. The van der Waals surface area contributed by atoms with Gasteiger partial charge < -0.3 is 0 Å². The molecule has 0 amide bonds. The summed E-state index contributed by atoms with van der Waals surface area (Å²) in [5, 5.41) is 1.09. The van der Waals surface area contributed by atoms with E-state index in [4.69, 9.17) is 0 Å². The number of hydrogen-bond acceptors (Lipinski definition) is 4. The molecule has 1 aliphatic rings. The predicted molar refractivity (Wildman–Crippen MR) is 105 cm³/mol. The molecule has 0 fully saturated rings. The van der Waals surface area contributed by atoms with E-state index in [1.54, 1.807) is 17.8 Å². The molecule has 2 heterocycles. The van der Waals surface area contributed by atoms with Gasteiger partial charge in [-0.15, -0.1) is 11.8 Å². The van der Waals surface area contributed by atoms with Crippen LogP contribution >= 0.6 is 23.5 Å². The molecule has 2 atom stereocenters. The standard InChI is InChI=1S/C20H18N2OS2/c1-14-12-18(23)22-19(15-8-4-2-5-9-15)17(13-24-20(22)21-14)25-16-10-6-3-7-11-16/h2-12,17,19H,13H2,1H3/t17-,19+/m0/s1. The number of aryl methyl sites for hydroxylation is 1. The van der Waals surface area contributed by atoms with E-state index in [1.165, 1.54) is 4.90 Å². The van der Waals surface area contributed by atoms with Crippen LogP contribution in [0.1, 0.15) is 17.3 Å². The van der Waals surface area contributed by atoms with Crippen molar-refractivity contribution >= 4 is 23.5 Å². The van der Waals surface area contributed by atoms with Crippen molar-refractivity contribution in [3.63, 3.8) is 0 Å². The van der Waals surface area contributed by atoms with Gasteiger partial charge in [-0.3, -0.25) is 9.36 Å². The highest BCUT2D eigenvalue weighted by molar-refractivity contribution is 8.03. The maximum absolute atomic E-state index is 12.8. The second-order valence-corrected chi connectivity index (χ2v) is 8.32. The van der Waals surface area contributed by atoms with Crippen molar-refractivity contribution in [3.8, 4) is 0 Å². The maximum Gasteiger partial charge on any atom is 0.254 e. The summed E-state index contributed by atoms with van der Waals surface area (Å²) in [6.07, 6.45) is 0. The van der Waals surface area contributed by atoms with Crippen molar-refractivity contribution in [2.75, 3.05) is 5.75 Å². The Balaban J connectivity index is 1.81. The molecule has 0 spiro atoms. The highest BCUT2D eigenvalue weighted by atomic mass is 32.2. The third-order valence-electron chi connectivity index (χ3n) is 4.23. The van der Waals surface area contributed by atoms with Crippen LogP contribution < -0.4 is 5.56 Å². The molecule has 126 valence electrons. The Hall–Kier alpha value is -1.98. The van der Waals surface area contributed by atoms with Gasteiger partial charge in [0.1, 0.15) is 0 Å². The normalized spacial score (nSPS) is 19.4. The molecule has 0 bridgehead atoms. The summed E-state index contributed by atoms with van der Waals surface area (Å²) in [7, 11) is 0. The number of thioether (sulfide) groups is 2. The lowest BCUT2D eigenvalue weighted by Crippen LogP contribution is -2.38. The van der Waals surface area contributed by atoms with Gasteiger partial charge in [0, 0.05) is 27.7 Å². The van der Waals surface area contributed by atoms with Crippen LogP contribution in [0.4, 0.5) is 0 Å². The molecule has 2 aromatic carbocycles. The van der Waals surface area contributed by atoms with Gasteiger partial charge >= 0.3 is 0 Å². The second kappa shape index (κ2) is 7.10. The quantitative estimate of drug-likeness (QED) is 0.643. The van der Waals surface area contributed by atoms with E-state index in [0.717, 1.165) is 22.2 Å². The van der Waals surface area contributed by atoms with Crippen molar-refractivity contribution in [2.24, 2.45) is 0 Å². The van der Waals surface area contributed by atoms with Gasteiger partial charge in [0.2, 0.25) is 0 Å². The van der Waals surface area contributed by atoms with E-state index >= 15 is 0 Å². The van der Waals surface area contributed by atoms with Crippen LogP contribution in [-0.2, 0) is 0 Å². The van der Waals surface area contributed by atoms with Gasteiger partial charge in [-0.2, -0.15) is 0 Å². The molecule has 0 unspecified atom stereocenters. The number of benzene rings is 2. The Morgan fingerprint density at radius 2 is 1.76 bits per heavy atom. The number of aromatic nitrogens is 2. The Bertz CT molecular complexity index is 925. The molecule has 0 N–H and O–H groups in total.